The first-order chi connectivity index (χ1) is 19.4. The summed E-state index contributed by atoms with van der Waals surface area (Å²) < 4.78 is 45.4. The van der Waals surface area contributed by atoms with Gasteiger partial charge in [0.25, 0.3) is 5.91 Å². The number of ether oxygens (including phenoxy) is 1. The van der Waals surface area contributed by atoms with Crippen molar-refractivity contribution in [3.05, 3.63) is 69.2 Å². The third kappa shape index (κ3) is 6.60. The van der Waals surface area contributed by atoms with Crippen molar-refractivity contribution in [1.29, 1.82) is 0 Å². The summed E-state index contributed by atoms with van der Waals surface area (Å²) in [6.45, 7) is 9.94. The van der Waals surface area contributed by atoms with E-state index in [0.717, 1.165) is 33.2 Å². The van der Waals surface area contributed by atoms with Gasteiger partial charge in [0.15, 0.2) is 0 Å². The van der Waals surface area contributed by atoms with Gasteiger partial charge in [-0.3, -0.25) is 14.7 Å². The fourth-order valence-electron chi connectivity index (χ4n) is 5.67. The van der Waals surface area contributed by atoms with Gasteiger partial charge in [-0.05, 0) is 63.1 Å². The maximum Gasteiger partial charge on any atom is 0.451 e. The zero-order chi connectivity index (χ0) is 29.4. The number of carbonyl (C=O) groups is 1. The topological polar surface area (TPSA) is 80.2 Å². The molecule has 1 N–H and O–H groups in total. The predicted molar refractivity (Wildman–Crippen MR) is 153 cm³/mol. The number of pyridine rings is 1. The van der Waals surface area contributed by atoms with Crippen molar-refractivity contribution in [2.75, 3.05) is 18.8 Å². The summed E-state index contributed by atoms with van der Waals surface area (Å²) in [7, 11) is 0. The quantitative estimate of drug-likeness (QED) is 0.312. The molecule has 12 heteroatoms. The van der Waals surface area contributed by atoms with Gasteiger partial charge in [0, 0.05) is 59.5 Å². The number of nitrogens with one attached hydrogen (secondary N) is 1. The van der Waals surface area contributed by atoms with E-state index in [0.29, 0.717) is 42.9 Å². The molecule has 1 amide bonds. The van der Waals surface area contributed by atoms with Crippen molar-refractivity contribution >= 4 is 29.0 Å². The Hall–Kier alpha value is -2.54. The van der Waals surface area contributed by atoms with Crippen LogP contribution in [-0.4, -0.2) is 50.2 Å². The number of nitrogens with zero attached hydrogens (tertiary/aromatic N) is 4. The molecule has 0 aromatic carbocycles. The van der Waals surface area contributed by atoms with E-state index >= 15 is 0 Å². The van der Waals surface area contributed by atoms with Crippen LogP contribution in [0.2, 0.25) is 0 Å². The number of fused-ring (bicyclic) bond motifs is 2. The van der Waals surface area contributed by atoms with Crippen molar-refractivity contribution in [2.45, 2.75) is 81.8 Å². The standard InChI is InChI=1S/C29H34F3N5O2S2/c1-5-40-22-7-6-21(33-17-22)16-34-25(38)23-12-19-13-27(3,4)39-28(24(19)41-23)8-10-37(11-9-28)18(2)20-14-35-26(36-15-20)29(30,31)32/h6-7,12,14-15,17-18H,5,8-11,13,16H2,1-4H3,(H,34,38). The molecule has 5 rings (SSSR count). The number of thiophene rings is 1. The minimum atomic E-state index is -4.56. The number of alkyl halides is 3. The molecule has 0 bridgehead atoms. The molecule has 7 nitrogen and oxygen atoms in total. The molecule has 41 heavy (non-hydrogen) atoms. The maximum atomic E-state index is 13.2. The van der Waals surface area contributed by atoms with E-state index < -0.39 is 17.6 Å². The van der Waals surface area contributed by atoms with E-state index in [1.165, 1.54) is 23.7 Å². The molecule has 1 fully saturated rings. The van der Waals surface area contributed by atoms with Crippen LogP contribution in [0.5, 0.6) is 0 Å². The number of likely N-dealkylation sites (tertiary alicyclic amines) is 1. The number of aromatic nitrogens is 3. The number of thioether (sulfide) groups is 1. The van der Waals surface area contributed by atoms with Gasteiger partial charge in [0.1, 0.15) is 5.60 Å². The van der Waals surface area contributed by atoms with Crippen LogP contribution >= 0.6 is 23.1 Å². The molecule has 1 unspecified atom stereocenters. The molecule has 1 saturated heterocycles. The second kappa shape index (κ2) is 11.6. The van der Waals surface area contributed by atoms with E-state index in [1.807, 2.05) is 31.3 Å². The van der Waals surface area contributed by atoms with Gasteiger partial charge in [0.05, 0.1) is 22.7 Å². The molecule has 2 aliphatic heterocycles. The maximum absolute atomic E-state index is 13.2. The Kier molecular flexibility index (Phi) is 8.48. The number of hydrogen-bond donors (Lipinski definition) is 1. The largest absolute Gasteiger partial charge is 0.451 e. The molecular formula is C29H34F3N5O2S2. The minimum absolute atomic E-state index is 0.125. The Morgan fingerprint density at radius 1 is 1.17 bits per heavy atom. The fraction of sp³-hybridized carbons (Fsp3) is 0.517. The number of halogens is 3. The van der Waals surface area contributed by atoms with E-state index in [1.54, 1.807) is 11.8 Å². The Morgan fingerprint density at radius 3 is 2.49 bits per heavy atom. The van der Waals surface area contributed by atoms with Crippen molar-refractivity contribution in [3.63, 3.8) is 0 Å². The molecule has 1 spiro atoms. The summed E-state index contributed by atoms with van der Waals surface area (Å²) in [5.41, 5.74) is 1.69. The van der Waals surface area contributed by atoms with Gasteiger partial charge in [-0.15, -0.1) is 23.1 Å². The third-order valence-electron chi connectivity index (χ3n) is 7.63. The Morgan fingerprint density at radius 2 is 1.88 bits per heavy atom. The normalized spacial score (nSPS) is 19.1. The summed E-state index contributed by atoms with van der Waals surface area (Å²) in [5, 5.41) is 3.01. The number of amides is 1. The molecule has 0 saturated carbocycles. The molecule has 2 aliphatic rings. The lowest BCUT2D eigenvalue weighted by Crippen LogP contribution is -2.51. The second-order valence-corrected chi connectivity index (χ2v) is 13.5. The number of hydrogen-bond acceptors (Lipinski definition) is 8. The molecule has 0 radical (unpaired) electrons. The number of carbonyl (C=O) groups excluding carboxylic acids is 1. The fourth-order valence-corrected chi connectivity index (χ4v) is 7.57. The van der Waals surface area contributed by atoms with Crippen LogP contribution in [0.3, 0.4) is 0 Å². The summed E-state index contributed by atoms with van der Waals surface area (Å²) in [4.78, 5) is 29.8. The van der Waals surface area contributed by atoms with Crippen LogP contribution < -0.4 is 5.32 Å². The lowest BCUT2D eigenvalue weighted by molar-refractivity contribution is -0.179. The smallest absolute Gasteiger partial charge is 0.363 e. The predicted octanol–water partition coefficient (Wildman–Crippen LogP) is 6.40. The Bertz CT molecular complexity index is 1370. The van der Waals surface area contributed by atoms with Gasteiger partial charge in [-0.25, -0.2) is 9.97 Å². The second-order valence-electron chi connectivity index (χ2n) is 11.1. The van der Waals surface area contributed by atoms with E-state index in [4.69, 9.17) is 4.74 Å². The average molecular weight is 606 g/mol. The van der Waals surface area contributed by atoms with Gasteiger partial charge in [-0.1, -0.05) is 6.92 Å². The summed E-state index contributed by atoms with van der Waals surface area (Å²) in [6, 6.07) is 5.82. The summed E-state index contributed by atoms with van der Waals surface area (Å²) in [5.74, 6) is -0.276. The van der Waals surface area contributed by atoms with Gasteiger partial charge >= 0.3 is 6.18 Å². The zero-order valence-corrected chi connectivity index (χ0v) is 25.2. The van der Waals surface area contributed by atoms with Crippen LogP contribution in [0.1, 0.15) is 83.8 Å². The van der Waals surface area contributed by atoms with Gasteiger partial charge in [-0.2, -0.15) is 13.2 Å². The van der Waals surface area contributed by atoms with Crippen molar-refractivity contribution < 1.29 is 22.7 Å². The van der Waals surface area contributed by atoms with Crippen LogP contribution in [0, 0.1) is 0 Å². The van der Waals surface area contributed by atoms with Crippen molar-refractivity contribution in [3.8, 4) is 0 Å². The highest BCUT2D eigenvalue weighted by Crippen LogP contribution is 2.50. The molecule has 220 valence electrons. The Balaban J connectivity index is 1.27. The summed E-state index contributed by atoms with van der Waals surface area (Å²) in [6.07, 6.45) is 1.94. The van der Waals surface area contributed by atoms with Crippen LogP contribution in [0.4, 0.5) is 13.2 Å². The van der Waals surface area contributed by atoms with Crippen molar-refractivity contribution in [2.24, 2.45) is 0 Å². The van der Waals surface area contributed by atoms with Crippen LogP contribution in [-0.2, 0) is 29.5 Å². The molecule has 0 aliphatic carbocycles. The number of piperidine rings is 1. The van der Waals surface area contributed by atoms with Gasteiger partial charge in [0.2, 0.25) is 5.82 Å². The lowest BCUT2D eigenvalue weighted by Gasteiger charge is -2.50. The average Bonchev–Trinajstić information content (AvgIpc) is 3.36. The molecule has 3 aromatic heterocycles. The summed E-state index contributed by atoms with van der Waals surface area (Å²) >= 11 is 3.22. The highest BCUT2D eigenvalue weighted by Gasteiger charge is 2.48. The molecular weight excluding hydrogens is 571 g/mol. The first-order valence-electron chi connectivity index (χ1n) is 13.7. The van der Waals surface area contributed by atoms with Gasteiger partial charge < -0.3 is 10.1 Å². The van der Waals surface area contributed by atoms with Crippen LogP contribution in [0.15, 0.2) is 41.7 Å². The Labute approximate surface area is 246 Å². The molecule has 3 aromatic rings. The first-order valence-corrected chi connectivity index (χ1v) is 15.5. The molecule has 1 atom stereocenters. The SMILES string of the molecule is CCSc1ccc(CNC(=O)c2cc3c(s2)C2(CCN(C(C)c4cnc(C(F)(F)F)nc4)CC2)OC(C)(C)C3)nc1. The van der Waals surface area contributed by atoms with E-state index in [-0.39, 0.29) is 17.6 Å². The highest BCUT2D eigenvalue weighted by atomic mass is 32.2. The van der Waals surface area contributed by atoms with E-state index in [9.17, 15) is 18.0 Å². The monoisotopic (exact) mass is 605 g/mol. The zero-order valence-electron chi connectivity index (χ0n) is 23.5. The van der Waals surface area contributed by atoms with Crippen LogP contribution in [0.25, 0.3) is 0 Å². The third-order valence-corrected chi connectivity index (χ3v) is 9.86. The van der Waals surface area contributed by atoms with E-state index in [2.05, 4.69) is 45.9 Å². The highest BCUT2D eigenvalue weighted by molar-refractivity contribution is 7.99. The molecule has 5 heterocycles. The van der Waals surface area contributed by atoms with Crippen molar-refractivity contribution in [1.82, 2.24) is 25.2 Å². The number of rotatable bonds is 7. The minimum Gasteiger partial charge on any atom is -0.363 e. The lowest BCUT2D eigenvalue weighted by atomic mass is 9.80. The first kappa shape index (κ1) is 29.9.